The van der Waals surface area contributed by atoms with Crippen molar-refractivity contribution in [2.75, 3.05) is 40.3 Å². The van der Waals surface area contributed by atoms with Gasteiger partial charge in [0.1, 0.15) is 0 Å². The quantitative estimate of drug-likeness (QED) is 0.858. The maximum atomic E-state index is 12.4. The van der Waals surface area contributed by atoms with Crippen molar-refractivity contribution in [2.24, 2.45) is 0 Å². The fourth-order valence-corrected chi connectivity index (χ4v) is 2.72. The van der Waals surface area contributed by atoms with Crippen molar-refractivity contribution in [3.05, 3.63) is 33.8 Å². The van der Waals surface area contributed by atoms with Gasteiger partial charge in [0.15, 0.2) is 0 Å². The Hall–Kier alpha value is -0.810. The van der Waals surface area contributed by atoms with Crippen molar-refractivity contribution in [3.8, 4) is 0 Å². The number of hydrogen-bond donors (Lipinski definition) is 0. The summed E-state index contributed by atoms with van der Waals surface area (Å²) in [4.78, 5) is 16.2. The Morgan fingerprint density at radius 3 is 2.90 bits per heavy atom. The van der Waals surface area contributed by atoms with E-state index in [1.54, 1.807) is 30.1 Å². The number of morpholine rings is 1. The van der Waals surface area contributed by atoms with Crippen LogP contribution in [0, 0.1) is 0 Å². The molecule has 1 aliphatic rings. The highest BCUT2D eigenvalue weighted by molar-refractivity contribution is 6.36. The Morgan fingerprint density at radius 2 is 2.25 bits per heavy atom. The van der Waals surface area contributed by atoms with E-state index in [2.05, 4.69) is 4.90 Å². The Labute approximate surface area is 129 Å². The van der Waals surface area contributed by atoms with Crippen molar-refractivity contribution >= 4 is 29.1 Å². The number of benzene rings is 1. The van der Waals surface area contributed by atoms with Crippen LogP contribution in [0.2, 0.25) is 10.0 Å². The van der Waals surface area contributed by atoms with Gasteiger partial charge in [0.25, 0.3) is 5.91 Å². The minimum Gasteiger partial charge on any atom is -0.374 e. The van der Waals surface area contributed by atoms with E-state index in [1.807, 2.05) is 7.05 Å². The smallest absolute Gasteiger partial charge is 0.255 e. The molecule has 0 aromatic heterocycles. The molecular weight excluding hydrogens is 299 g/mol. The van der Waals surface area contributed by atoms with Crippen molar-refractivity contribution in [2.45, 2.75) is 6.10 Å². The number of ether oxygens (including phenoxy) is 1. The number of nitrogens with zero attached hydrogens (tertiary/aromatic N) is 2. The number of hydrogen-bond acceptors (Lipinski definition) is 3. The van der Waals surface area contributed by atoms with Crippen LogP contribution >= 0.6 is 23.2 Å². The molecule has 1 fully saturated rings. The lowest BCUT2D eigenvalue weighted by molar-refractivity contribution is -0.0301. The standard InChI is InChI=1S/C14H18Cl2N2O2/c1-17-5-6-20-11(8-17)9-18(2)14(19)12-4-3-10(15)7-13(12)16/h3-4,7,11H,5-6,8-9H2,1-2H3. The second-order valence-electron chi connectivity index (χ2n) is 5.06. The minimum absolute atomic E-state index is 0.0359. The fraction of sp³-hybridized carbons (Fsp3) is 0.500. The summed E-state index contributed by atoms with van der Waals surface area (Å²) in [5.41, 5.74) is 0.461. The summed E-state index contributed by atoms with van der Waals surface area (Å²) in [6.07, 6.45) is 0.0359. The average Bonchev–Trinajstić information content (AvgIpc) is 2.38. The van der Waals surface area contributed by atoms with Crippen LogP contribution in [0.1, 0.15) is 10.4 Å². The Bertz CT molecular complexity index is 496. The first-order valence-corrected chi connectivity index (χ1v) is 7.23. The van der Waals surface area contributed by atoms with E-state index in [-0.39, 0.29) is 12.0 Å². The van der Waals surface area contributed by atoms with E-state index >= 15 is 0 Å². The molecular formula is C14H18Cl2N2O2. The first-order valence-electron chi connectivity index (χ1n) is 6.48. The molecule has 0 aliphatic carbocycles. The van der Waals surface area contributed by atoms with E-state index < -0.39 is 0 Å². The predicted octanol–water partition coefficient (Wildman–Crippen LogP) is 2.40. The molecule has 20 heavy (non-hydrogen) atoms. The predicted molar refractivity (Wildman–Crippen MR) is 80.7 cm³/mol. The molecule has 110 valence electrons. The molecule has 1 atom stereocenters. The highest BCUT2D eigenvalue weighted by Gasteiger charge is 2.23. The number of carbonyl (C=O) groups is 1. The van der Waals surface area contributed by atoms with Crippen LogP contribution in [-0.4, -0.2) is 62.1 Å². The van der Waals surface area contributed by atoms with Gasteiger partial charge in [-0.05, 0) is 25.2 Å². The second kappa shape index (κ2) is 6.76. The third kappa shape index (κ3) is 3.85. The molecule has 4 nitrogen and oxygen atoms in total. The highest BCUT2D eigenvalue weighted by Crippen LogP contribution is 2.22. The van der Waals surface area contributed by atoms with Gasteiger partial charge >= 0.3 is 0 Å². The summed E-state index contributed by atoms with van der Waals surface area (Å²) in [6, 6.07) is 4.89. The average molecular weight is 317 g/mol. The fourth-order valence-electron chi connectivity index (χ4n) is 2.23. The highest BCUT2D eigenvalue weighted by atomic mass is 35.5. The van der Waals surface area contributed by atoms with Crippen LogP contribution in [0.4, 0.5) is 0 Å². The van der Waals surface area contributed by atoms with Gasteiger partial charge in [-0.2, -0.15) is 0 Å². The van der Waals surface area contributed by atoms with Crippen LogP contribution in [0.5, 0.6) is 0 Å². The van der Waals surface area contributed by atoms with Crippen LogP contribution in [0.3, 0.4) is 0 Å². The van der Waals surface area contributed by atoms with Gasteiger partial charge < -0.3 is 14.5 Å². The van der Waals surface area contributed by atoms with Crippen molar-refractivity contribution in [1.82, 2.24) is 9.80 Å². The van der Waals surface area contributed by atoms with Gasteiger partial charge in [0.2, 0.25) is 0 Å². The molecule has 0 saturated carbocycles. The van der Waals surface area contributed by atoms with Crippen LogP contribution in [0.25, 0.3) is 0 Å². The molecule has 1 saturated heterocycles. The molecule has 1 heterocycles. The van der Waals surface area contributed by atoms with Crippen molar-refractivity contribution in [3.63, 3.8) is 0 Å². The topological polar surface area (TPSA) is 32.8 Å². The molecule has 6 heteroatoms. The molecule has 0 radical (unpaired) electrons. The SMILES string of the molecule is CN1CCOC(CN(C)C(=O)c2ccc(Cl)cc2Cl)C1. The first kappa shape index (κ1) is 15.6. The molecule has 0 spiro atoms. The zero-order valence-corrected chi connectivity index (χ0v) is 13.1. The van der Waals surface area contributed by atoms with Gasteiger partial charge in [-0.1, -0.05) is 23.2 Å². The normalized spacial score (nSPS) is 19.9. The van der Waals surface area contributed by atoms with Crippen LogP contribution in [-0.2, 0) is 4.74 Å². The second-order valence-corrected chi connectivity index (χ2v) is 5.91. The van der Waals surface area contributed by atoms with Gasteiger partial charge in [-0.15, -0.1) is 0 Å². The van der Waals surface area contributed by atoms with Crippen molar-refractivity contribution in [1.29, 1.82) is 0 Å². The van der Waals surface area contributed by atoms with E-state index in [0.717, 1.165) is 13.1 Å². The molecule has 1 aliphatic heterocycles. The lowest BCUT2D eigenvalue weighted by Crippen LogP contribution is -2.46. The molecule has 1 unspecified atom stereocenters. The van der Waals surface area contributed by atoms with Crippen LogP contribution in [0.15, 0.2) is 18.2 Å². The lowest BCUT2D eigenvalue weighted by atomic mass is 10.2. The maximum Gasteiger partial charge on any atom is 0.255 e. The monoisotopic (exact) mass is 316 g/mol. The third-order valence-corrected chi connectivity index (χ3v) is 3.88. The van der Waals surface area contributed by atoms with Crippen molar-refractivity contribution < 1.29 is 9.53 Å². The number of amides is 1. The summed E-state index contributed by atoms with van der Waals surface area (Å²) in [5, 5.41) is 0.891. The molecule has 1 aromatic rings. The van der Waals surface area contributed by atoms with Gasteiger partial charge in [0.05, 0.1) is 23.3 Å². The molecule has 0 N–H and O–H groups in total. The number of carbonyl (C=O) groups excluding carboxylic acids is 1. The number of likely N-dealkylation sites (N-methyl/N-ethyl adjacent to an activating group) is 2. The third-order valence-electron chi connectivity index (χ3n) is 3.33. The summed E-state index contributed by atoms with van der Waals surface area (Å²) < 4.78 is 5.66. The largest absolute Gasteiger partial charge is 0.374 e. The van der Waals surface area contributed by atoms with Gasteiger partial charge in [-0.25, -0.2) is 0 Å². The summed E-state index contributed by atoms with van der Waals surface area (Å²) in [6.45, 7) is 3.00. The van der Waals surface area contributed by atoms with Gasteiger partial charge in [-0.3, -0.25) is 4.79 Å². The zero-order valence-electron chi connectivity index (χ0n) is 11.6. The minimum atomic E-state index is -0.122. The molecule has 1 amide bonds. The van der Waals surface area contributed by atoms with E-state index in [1.165, 1.54) is 0 Å². The van der Waals surface area contributed by atoms with E-state index in [0.29, 0.717) is 28.8 Å². The molecule has 1 aromatic carbocycles. The number of halogens is 2. The summed E-state index contributed by atoms with van der Waals surface area (Å²) in [7, 11) is 3.80. The van der Waals surface area contributed by atoms with Crippen LogP contribution < -0.4 is 0 Å². The van der Waals surface area contributed by atoms with E-state index in [9.17, 15) is 4.79 Å². The maximum absolute atomic E-state index is 12.4. The number of rotatable bonds is 3. The Balaban J connectivity index is 2.01. The molecule has 0 bridgehead atoms. The van der Waals surface area contributed by atoms with E-state index in [4.69, 9.17) is 27.9 Å². The summed E-state index contributed by atoms with van der Waals surface area (Å²) in [5.74, 6) is -0.122. The summed E-state index contributed by atoms with van der Waals surface area (Å²) >= 11 is 11.9. The Kier molecular flexibility index (Phi) is 5.27. The Morgan fingerprint density at radius 1 is 1.50 bits per heavy atom. The lowest BCUT2D eigenvalue weighted by Gasteiger charge is -2.32. The first-order chi connectivity index (χ1) is 9.47. The van der Waals surface area contributed by atoms with Gasteiger partial charge in [0, 0.05) is 31.7 Å². The molecule has 2 rings (SSSR count). The zero-order chi connectivity index (χ0) is 14.7.